The lowest BCUT2D eigenvalue weighted by molar-refractivity contribution is 0.0978. The summed E-state index contributed by atoms with van der Waals surface area (Å²) in [6.07, 6.45) is 3.35. The van der Waals surface area contributed by atoms with Gasteiger partial charge in [0.05, 0.1) is 10.6 Å². The Morgan fingerprint density at radius 2 is 2.20 bits per heavy atom. The summed E-state index contributed by atoms with van der Waals surface area (Å²) in [6, 6.07) is 9.81. The van der Waals surface area contributed by atoms with Crippen LogP contribution in [0.15, 0.2) is 41.9 Å². The van der Waals surface area contributed by atoms with E-state index in [1.165, 1.54) is 11.3 Å². The molecular weight excluding hydrogens is 268 g/mol. The molecule has 4 heteroatoms. The third kappa shape index (κ3) is 4.54. The minimum atomic E-state index is 0.258. The maximum Gasteiger partial charge on any atom is 0.172 e. The summed E-state index contributed by atoms with van der Waals surface area (Å²) in [5.41, 5.74) is 1.08. The average Bonchev–Trinajstić information content (AvgIpc) is 3.01. The summed E-state index contributed by atoms with van der Waals surface area (Å²) < 4.78 is 0. The molecular formula is C16H20N2OS. The van der Waals surface area contributed by atoms with Crippen molar-refractivity contribution in [3.8, 4) is 0 Å². The second kappa shape index (κ2) is 7.92. The fourth-order valence-corrected chi connectivity index (χ4v) is 2.79. The van der Waals surface area contributed by atoms with Gasteiger partial charge in [0.2, 0.25) is 0 Å². The van der Waals surface area contributed by atoms with Crippen LogP contribution in [0.3, 0.4) is 0 Å². The molecule has 20 heavy (non-hydrogen) atoms. The number of Topliss-reactive ketones (excluding diaryl/α,β-unsaturated/α-hetero) is 1. The topological polar surface area (TPSA) is 33.2 Å². The number of pyridine rings is 1. The quantitative estimate of drug-likeness (QED) is 0.695. The molecule has 0 aliphatic carbocycles. The van der Waals surface area contributed by atoms with Crippen molar-refractivity contribution >= 4 is 17.1 Å². The van der Waals surface area contributed by atoms with Gasteiger partial charge in [-0.05, 0) is 43.1 Å². The Morgan fingerprint density at radius 1 is 1.30 bits per heavy atom. The number of aromatic nitrogens is 1. The largest absolute Gasteiger partial charge is 0.298 e. The minimum Gasteiger partial charge on any atom is -0.298 e. The summed E-state index contributed by atoms with van der Waals surface area (Å²) in [6.45, 7) is 4.91. The summed E-state index contributed by atoms with van der Waals surface area (Å²) in [5, 5.41) is 1.95. The number of ketones is 1. The molecule has 0 fully saturated rings. The number of hydrogen-bond donors (Lipinski definition) is 0. The molecule has 0 aliphatic rings. The third-order valence-corrected chi connectivity index (χ3v) is 4.14. The highest BCUT2D eigenvalue weighted by molar-refractivity contribution is 7.12. The number of thiophene rings is 1. The van der Waals surface area contributed by atoms with Crippen molar-refractivity contribution in [3.63, 3.8) is 0 Å². The van der Waals surface area contributed by atoms with E-state index in [1.54, 1.807) is 0 Å². The molecule has 0 aliphatic heterocycles. The van der Waals surface area contributed by atoms with Crippen molar-refractivity contribution in [1.82, 2.24) is 9.88 Å². The molecule has 0 aromatic carbocycles. The van der Waals surface area contributed by atoms with Crippen molar-refractivity contribution in [2.75, 3.05) is 13.1 Å². The van der Waals surface area contributed by atoms with E-state index in [0.717, 1.165) is 36.6 Å². The van der Waals surface area contributed by atoms with E-state index in [-0.39, 0.29) is 5.78 Å². The van der Waals surface area contributed by atoms with E-state index in [9.17, 15) is 4.79 Å². The predicted octanol–water partition coefficient (Wildman–Crippen LogP) is 3.63. The Bertz CT molecular complexity index is 511. The van der Waals surface area contributed by atoms with Gasteiger partial charge in [0.25, 0.3) is 0 Å². The van der Waals surface area contributed by atoms with Gasteiger partial charge in [-0.1, -0.05) is 19.1 Å². The van der Waals surface area contributed by atoms with Crippen LogP contribution < -0.4 is 0 Å². The Balaban J connectivity index is 1.75. The Kier molecular flexibility index (Phi) is 5.89. The normalized spacial score (nSPS) is 10.9. The Labute approximate surface area is 124 Å². The molecule has 2 aromatic rings. The monoisotopic (exact) mass is 288 g/mol. The highest BCUT2D eigenvalue weighted by atomic mass is 32.1. The van der Waals surface area contributed by atoms with Gasteiger partial charge in [-0.3, -0.25) is 14.7 Å². The molecule has 0 spiro atoms. The van der Waals surface area contributed by atoms with Crippen LogP contribution in [0.5, 0.6) is 0 Å². The molecule has 0 saturated carbocycles. The van der Waals surface area contributed by atoms with Gasteiger partial charge in [-0.15, -0.1) is 11.3 Å². The average molecular weight is 288 g/mol. The van der Waals surface area contributed by atoms with Crippen LogP contribution in [-0.4, -0.2) is 28.8 Å². The zero-order chi connectivity index (χ0) is 14.2. The SMILES string of the molecule is CCN(CCCC(=O)c1cccs1)Cc1ccccn1. The van der Waals surface area contributed by atoms with E-state index in [2.05, 4.69) is 16.8 Å². The molecule has 0 atom stereocenters. The summed E-state index contributed by atoms with van der Waals surface area (Å²) in [7, 11) is 0. The van der Waals surface area contributed by atoms with E-state index in [4.69, 9.17) is 0 Å². The van der Waals surface area contributed by atoms with Crippen molar-refractivity contribution < 1.29 is 4.79 Å². The van der Waals surface area contributed by atoms with Crippen LogP contribution in [-0.2, 0) is 6.54 Å². The molecule has 0 amide bonds. The zero-order valence-corrected chi connectivity index (χ0v) is 12.6. The van der Waals surface area contributed by atoms with Crippen LogP contribution in [0, 0.1) is 0 Å². The fraction of sp³-hybridized carbons (Fsp3) is 0.375. The van der Waals surface area contributed by atoms with Gasteiger partial charge in [0.1, 0.15) is 0 Å². The van der Waals surface area contributed by atoms with E-state index >= 15 is 0 Å². The van der Waals surface area contributed by atoms with Crippen molar-refractivity contribution in [1.29, 1.82) is 0 Å². The first-order chi connectivity index (χ1) is 9.79. The lowest BCUT2D eigenvalue weighted by Crippen LogP contribution is -2.25. The number of nitrogens with zero attached hydrogens (tertiary/aromatic N) is 2. The van der Waals surface area contributed by atoms with E-state index < -0.39 is 0 Å². The van der Waals surface area contributed by atoms with Crippen molar-refractivity contribution in [2.45, 2.75) is 26.3 Å². The molecule has 0 bridgehead atoms. The number of carbonyl (C=O) groups excluding carboxylic acids is 1. The lowest BCUT2D eigenvalue weighted by atomic mass is 10.2. The molecule has 3 nitrogen and oxygen atoms in total. The first-order valence-corrected chi connectivity index (χ1v) is 7.86. The molecule has 2 aromatic heterocycles. The third-order valence-electron chi connectivity index (χ3n) is 3.23. The number of hydrogen-bond acceptors (Lipinski definition) is 4. The molecule has 0 unspecified atom stereocenters. The maximum absolute atomic E-state index is 11.9. The van der Waals surface area contributed by atoms with Crippen LogP contribution in [0.2, 0.25) is 0 Å². The number of carbonyl (C=O) groups is 1. The van der Waals surface area contributed by atoms with Crippen LogP contribution in [0.1, 0.15) is 35.1 Å². The van der Waals surface area contributed by atoms with Gasteiger partial charge in [0.15, 0.2) is 5.78 Å². The highest BCUT2D eigenvalue weighted by Gasteiger charge is 2.09. The van der Waals surface area contributed by atoms with Gasteiger partial charge in [-0.25, -0.2) is 0 Å². The first-order valence-electron chi connectivity index (χ1n) is 6.98. The lowest BCUT2D eigenvalue weighted by Gasteiger charge is -2.19. The van der Waals surface area contributed by atoms with E-state index in [0.29, 0.717) is 6.42 Å². The van der Waals surface area contributed by atoms with Crippen LogP contribution in [0.25, 0.3) is 0 Å². The highest BCUT2D eigenvalue weighted by Crippen LogP contribution is 2.13. The summed E-state index contributed by atoms with van der Waals surface area (Å²) >= 11 is 1.53. The minimum absolute atomic E-state index is 0.258. The molecule has 2 heterocycles. The molecule has 0 saturated heterocycles. The molecule has 106 valence electrons. The standard InChI is InChI=1S/C16H20N2OS/c1-2-18(13-14-7-3-4-10-17-14)11-5-8-15(19)16-9-6-12-20-16/h3-4,6-7,9-10,12H,2,5,8,11,13H2,1H3. The van der Waals surface area contributed by atoms with Gasteiger partial charge in [-0.2, -0.15) is 0 Å². The second-order valence-electron chi connectivity index (χ2n) is 4.69. The van der Waals surface area contributed by atoms with Crippen molar-refractivity contribution in [2.24, 2.45) is 0 Å². The molecule has 0 N–H and O–H groups in total. The zero-order valence-electron chi connectivity index (χ0n) is 11.8. The fourth-order valence-electron chi connectivity index (χ4n) is 2.09. The number of rotatable bonds is 8. The molecule has 2 rings (SSSR count). The smallest absolute Gasteiger partial charge is 0.172 e. The second-order valence-corrected chi connectivity index (χ2v) is 5.64. The Hall–Kier alpha value is -1.52. The van der Waals surface area contributed by atoms with Crippen LogP contribution >= 0.6 is 11.3 Å². The van der Waals surface area contributed by atoms with Crippen molar-refractivity contribution in [3.05, 3.63) is 52.5 Å². The predicted molar refractivity (Wildman–Crippen MR) is 83.1 cm³/mol. The van der Waals surface area contributed by atoms with Gasteiger partial charge < -0.3 is 0 Å². The van der Waals surface area contributed by atoms with Gasteiger partial charge >= 0.3 is 0 Å². The Morgan fingerprint density at radius 3 is 2.85 bits per heavy atom. The maximum atomic E-state index is 11.9. The summed E-state index contributed by atoms with van der Waals surface area (Å²) in [4.78, 5) is 19.5. The summed E-state index contributed by atoms with van der Waals surface area (Å²) in [5.74, 6) is 0.258. The van der Waals surface area contributed by atoms with Gasteiger partial charge in [0, 0.05) is 19.2 Å². The van der Waals surface area contributed by atoms with E-state index in [1.807, 2.05) is 41.9 Å². The molecule has 0 radical (unpaired) electrons. The first kappa shape index (κ1) is 14.9. The van der Waals surface area contributed by atoms with Crippen LogP contribution in [0.4, 0.5) is 0 Å².